The van der Waals surface area contributed by atoms with E-state index in [2.05, 4.69) is 228 Å². The number of imidazole rings is 1. The molecular weight excluding hydrogens is 697 g/mol. The van der Waals surface area contributed by atoms with Crippen LogP contribution in [-0.4, -0.2) is 22.2 Å². The molecule has 0 unspecified atom stereocenters. The first-order chi connectivity index (χ1) is 27.6. The van der Waals surface area contributed by atoms with E-state index < -0.39 is 8.07 Å². The molecule has 3 aromatic heterocycles. The Balaban J connectivity index is 1.27. The van der Waals surface area contributed by atoms with Crippen molar-refractivity contribution in [1.29, 1.82) is 0 Å². The van der Waals surface area contributed by atoms with Gasteiger partial charge in [0.25, 0.3) is 6.33 Å². The molecule has 0 fully saturated rings. The van der Waals surface area contributed by atoms with Crippen LogP contribution in [0.4, 0.5) is 0 Å². The molecule has 0 atom stereocenters. The third-order valence-electron chi connectivity index (χ3n) is 11.4. The Morgan fingerprint density at radius 2 is 1.11 bits per heavy atom. The maximum atomic E-state index is 4.99. The van der Waals surface area contributed by atoms with Gasteiger partial charge in [0.15, 0.2) is 19.1 Å². The lowest BCUT2D eigenvalue weighted by Gasteiger charge is -2.34. The van der Waals surface area contributed by atoms with Crippen molar-refractivity contribution in [2.24, 2.45) is 0 Å². The standard InChI is InChI=1S/C51H41N4Si/c1-37(2)38-31-32-52-51(33-38)55-47-26-13-12-25-45(47)46-30-29-44(35-50(46)55)56(41-20-8-4-9-21-41,42-22-10-5-11-23-42)43-24-16-19-40(34-43)54-36-53(39-17-6-3-7-18-39)48-27-14-15-28-49(48)54/h3-37H,1-2H3/q+1. The molecule has 4 nitrogen and oxygen atoms in total. The summed E-state index contributed by atoms with van der Waals surface area (Å²) in [5, 5.41) is 7.76. The van der Waals surface area contributed by atoms with Crippen molar-refractivity contribution in [3.8, 4) is 17.2 Å². The van der Waals surface area contributed by atoms with E-state index in [0.717, 1.165) is 39.3 Å². The quantitative estimate of drug-likeness (QED) is 0.0870. The smallest absolute Gasteiger partial charge is 0.255 e. The predicted octanol–water partition coefficient (Wildman–Crippen LogP) is 8.90. The Hall–Kier alpha value is -6.82. The summed E-state index contributed by atoms with van der Waals surface area (Å²) in [7, 11) is -2.96. The van der Waals surface area contributed by atoms with E-state index in [9.17, 15) is 0 Å². The van der Waals surface area contributed by atoms with Crippen LogP contribution in [0.3, 0.4) is 0 Å². The molecule has 0 aliphatic heterocycles. The molecule has 5 heteroatoms. The first kappa shape index (κ1) is 33.7. The number of benzene rings is 7. The van der Waals surface area contributed by atoms with Crippen molar-refractivity contribution < 1.29 is 4.57 Å². The highest BCUT2D eigenvalue weighted by Gasteiger charge is 2.42. The van der Waals surface area contributed by atoms with Crippen molar-refractivity contribution in [1.82, 2.24) is 14.1 Å². The Labute approximate surface area is 328 Å². The second-order valence-electron chi connectivity index (χ2n) is 14.9. The van der Waals surface area contributed by atoms with Gasteiger partial charge < -0.3 is 0 Å². The lowest BCUT2D eigenvalue weighted by atomic mass is 10.1. The fraction of sp³-hybridized carbons (Fsp3) is 0.0588. The van der Waals surface area contributed by atoms with E-state index in [-0.39, 0.29) is 0 Å². The maximum Gasteiger partial charge on any atom is 0.255 e. The number of fused-ring (bicyclic) bond motifs is 4. The molecule has 0 saturated carbocycles. The zero-order valence-electron chi connectivity index (χ0n) is 31.5. The highest BCUT2D eigenvalue weighted by Crippen LogP contribution is 2.32. The number of para-hydroxylation sites is 4. The van der Waals surface area contributed by atoms with Crippen LogP contribution in [0, 0.1) is 0 Å². The summed E-state index contributed by atoms with van der Waals surface area (Å²) in [6.45, 7) is 4.49. The summed E-state index contributed by atoms with van der Waals surface area (Å²) in [6.07, 6.45) is 4.19. The molecule has 0 aliphatic carbocycles. The van der Waals surface area contributed by atoms with Crippen LogP contribution in [0.15, 0.2) is 207 Å². The van der Waals surface area contributed by atoms with Crippen LogP contribution >= 0.6 is 0 Å². The third kappa shape index (κ3) is 5.42. The molecule has 10 rings (SSSR count). The van der Waals surface area contributed by atoms with E-state index >= 15 is 0 Å². The SMILES string of the molecule is CC(C)c1ccnc(-n2c3ccccc3c3ccc([Si](c4ccccc4)(c4ccccc4)c4cccc(-n5c[n+](-c6ccccc6)c6ccccc65)c4)cc32)c1. The summed E-state index contributed by atoms with van der Waals surface area (Å²) in [6, 6.07) is 71.4. The zero-order valence-corrected chi connectivity index (χ0v) is 32.5. The third-order valence-corrected chi connectivity index (χ3v) is 16.2. The minimum atomic E-state index is -2.96. The van der Waals surface area contributed by atoms with Gasteiger partial charge in [-0.1, -0.05) is 147 Å². The van der Waals surface area contributed by atoms with Gasteiger partial charge in [-0.3, -0.25) is 4.57 Å². The first-order valence-electron chi connectivity index (χ1n) is 19.4. The average Bonchev–Trinajstić information content (AvgIpc) is 3.82. The maximum absolute atomic E-state index is 4.99. The molecule has 0 N–H and O–H groups in total. The predicted molar refractivity (Wildman–Crippen MR) is 235 cm³/mol. The van der Waals surface area contributed by atoms with E-state index in [1.165, 1.54) is 37.1 Å². The van der Waals surface area contributed by atoms with Crippen LogP contribution in [0.25, 0.3) is 50.0 Å². The molecule has 56 heavy (non-hydrogen) atoms. The molecular formula is C51H41N4Si+. The van der Waals surface area contributed by atoms with Crippen molar-refractivity contribution in [3.63, 3.8) is 0 Å². The van der Waals surface area contributed by atoms with E-state index in [0.29, 0.717) is 5.92 Å². The van der Waals surface area contributed by atoms with Gasteiger partial charge in [0.2, 0.25) is 0 Å². The highest BCUT2D eigenvalue weighted by atomic mass is 28.3. The molecule has 7 aromatic carbocycles. The van der Waals surface area contributed by atoms with Crippen LogP contribution in [0.1, 0.15) is 25.3 Å². The van der Waals surface area contributed by atoms with Gasteiger partial charge in [0.1, 0.15) is 17.2 Å². The molecule has 0 aliphatic rings. The normalized spacial score (nSPS) is 11.9. The average molecular weight is 738 g/mol. The van der Waals surface area contributed by atoms with Crippen LogP contribution in [0.5, 0.6) is 0 Å². The molecule has 0 radical (unpaired) electrons. The number of nitrogens with zero attached hydrogens (tertiary/aromatic N) is 4. The molecule has 268 valence electrons. The van der Waals surface area contributed by atoms with Crippen molar-refractivity contribution in [3.05, 3.63) is 212 Å². The monoisotopic (exact) mass is 737 g/mol. The van der Waals surface area contributed by atoms with Gasteiger partial charge in [0, 0.05) is 17.0 Å². The number of pyridine rings is 1. The molecule has 0 bridgehead atoms. The largest absolute Gasteiger partial charge is 0.294 e. The summed E-state index contributed by atoms with van der Waals surface area (Å²) >= 11 is 0. The molecule has 0 amide bonds. The number of aromatic nitrogens is 4. The van der Waals surface area contributed by atoms with Crippen molar-refractivity contribution in [2.75, 3.05) is 0 Å². The molecule has 3 heterocycles. The van der Waals surface area contributed by atoms with Gasteiger partial charge in [-0.05, 0) is 92.9 Å². The van der Waals surface area contributed by atoms with Crippen LogP contribution < -0.4 is 25.3 Å². The second-order valence-corrected chi connectivity index (χ2v) is 18.7. The highest BCUT2D eigenvalue weighted by molar-refractivity contribution is 7.20. The lowest BCUT2D eigenvalue weighted by molar-refractivity contribution is -0.567. The molecule has 0 saturated heterocycles. The minimum Gasteiger partial charge on any atom is -0.294 e. The Morgan fingerprint density at radius 3 is 1.84 bits per heavy atom. The van der Waals surface area contributed by atoms with Crippen LogP contribution in [-0.2, 0) is 0 Å². The van der Waals surface area contributed by atoms with E-state index in [4.69, 9.17) is 4.98 Å². The fourth-order valence-corrected chi connectivity index (χ4v) is 13.5. The van der Waals surface area contributed by atoms with E-state index in [1.54, 1.807) is 0 Å². The van der Waals surface area contributed by atoms with Crippen LogP contribution in [0.2, 0.25) is 0 Å². The van der Waals surface area contributed by atoms with Gasteiger partial charge >= 0.3 is 0 Å². The summed E-state index contributed by atoms with van der Waals surface area (Å²) < 4.78 is 7.01. The second kappa shape index (κ2) is 13.8. The number of hydrogen-bond donors (Lipinski definition) is 0. The summed E-state index contributed by atoms with van der Waals surface area (Å²) in [5.74, 6) is 1.34. The number of hydrogen-bond acceptors (Lipinski definition) is 1. The fourth-order valence-electron chi connectivity index (χ4n) is 8.74. The first-order valence-corrected chi connectivity index (χ1v) is 21.4. The van der Waals surface area contributed by atoms with Crippen molar-refractivity contribution >= 4 is 61.7 Å². The molecule has 10 aromatic rings. The molecule has 0 spiro atoms. The summed E-state index contributed by atoms with van der Waals surface area (Å²) in [5.41, 5.74) is 8.17. The number of rotatable bonds is 8. The Morgan fingerprint density at radius 1 is 0.500 bits per heavy atom. The Bertz CT molecular complexity index is 2960. The van der Waals surface area contributed by atoms with E-state index in [1.807, 2.05) is 6.20 Å². The topological polar surface area (TPSA) is 26.6 Å². The van der Waals surface area contributed by atoms with Gasteiger partial charge in [-0.25, -0.2) is 4.98 Å². The van der Waals surface area contributed by atoms with Crippen molar-refractivity contribution in [2.45, 2.75) is 19.8 Å². The van der Waals surface area contributed by atoms with Gasteiger partial charge in [-0.2, -0.15) is 9.13 Å². The van der Waals surface area contributed by atoms with Gasteiger partial charge in [-0.15, -0.1) is 0 Å². The Kier molecular flexibility index (Phi) is 8.30. The lowest BCUT2D eigenvalue weighted by Crippen LogP contribution is -2.74. The summed E-state index contributed by atoms with van der Waals surface area (Å²) in [4.78, 5) is 4.99. The zero-order chi connectivity index (χ0) is 37.6. The van der Waals surface area contributed by atoms with Gasteiger partial charge in [0.05, 0.1) is 11.0 Å². The minimum absolute atomic E-state index is 0.392.